The number of rotatable bonds is 4. The zero-order chi connectivity index (χ0) is 7.82. The van der Waals surface area contributed by atoms with Crippen molar-refractivity contribution in [2.45, 2.75) is 13.3 Å². The van der Waals surface area contributed by atoms with Crippen LogP contribution in [0, 0.1) is 0 Å². The minimum absolute atomic E-state index is 0.173. The van der Waals surface area contributed by atoms with Crippen LogP contribution in [0.25, 0.3) is 0 Å². The summed E-state index contributed by atoms with van der Waals surface area (Å²) in [6.07, 6.45) is 2.33. The normalized spacial score (nSPS) is 9.70. The second-order valence-corrected chi connectivity index (χ2v) is 1.59. The van der Waals surface area contributed by atoms with E-state index in [1.807, 2.05) is 0 Å². The summed E-state index contributed by atoms with van der Waals surface area (Å²) >= 11 is 0. The van der Waals surface area contributed by atoms with Gasteiger partial charge in [-0.1, -0.05) is 6.92 Å². The first-order valence-electron chi connectivity index (χ1n) is 3.03. The molecular formula is C6H10N2O2. The lowest BCUT2D eigenvalue weighted by molar-refractivity contribution is -0.117. The first kappa shape index (κ1) is 8.81. The largest absolute Gasteiger partial charge is 0.354 e. The summed E-state index contributed by atoms with van der Waals surface area (Å²) in [6.45, 7) is 2.04. The van der Waals surface area contributed by atoms with Gasteiger partial charge in [-0.3, -0.25) is 9.59 Å². The van der Waals surface area contributed by atoms with Crippen molar-refractivity contribution in [2.75, 3.05) is 6.54 Å². The minimum Gasteiger partial charge on any atom is -0.354 e. The molecule has 0 radical (unpaired) electrons. The van der Waals surface area contributed by atoms with E-state index in [1.54, 1.807) is 6.92 Å². The fourth-order valence-electron chi connectivity index (χ4n) is 0.340. The van der Waals surface area contributed by atoms with E-state index < -0.39 is 0 Å². The first-order chi connectivity index (χ1) is 4.81. The molecule has 0 aliphatic rings. The van der Waals surface area contributed by atoms with E-state index in [1.165, 1.54) is 6.21 Å². The van der Waals surface area contributed by atoms with E-state index in [0.717, 1.165) is 0 Å². The molecule has 56 valence electrons. The van der Waals surface area contributed by atoms with Gasteiger partial charge >= 0.3 is 0 Å². The maximum absolute atomic E-state index is 10.5. The van der Waals surface area contributed by atoms with Crippen molar-refractivity contribution in [2.24, 2.45) is 4.99 Å². The summed E-state index contributed by atoms with van der Waals surface area (Å²) in [7, 11) is 0. The molecule has 1 N–H and O–H groups in total. The van der Waals surface area contributed by atoms with Crippen molar-refractivity contribution in [1.29, 1.82) is 0 Å². The topological polar surface area (TPSA) is 58.5 Å². The third-order valence-electron chi connectivity index (χ3n) is 0.830. The fraction of sp³-hybridized carbons (Fsp3) is 0.500. The third kappa shape index (κ3) is 4.96. The van der Waals surface area contributed by atoms with Gasteiger partial charge in [0.15, 0.2) is 0 Å². The van der Waals surface area contributed by atoms with Gasteiger partial charge in [-0.2, -0.15) is 0 Å². The van der Waals surface area contributed by atoms with Crippen LogP contribution in [-0.2, 0) is 9.59 Å². The van der Waals surface area contributed by atoms with Gasteiger partial charge in [-0.15, -0.1) is 0 Å². The molecule has 0 unspecified atom stereocenters. The van der Waals surface area contributed by atoms with Crippen LogP contribution in [0.2, 0.25) is 0 Å². The van der Waals surface area contributed by atoms with E-state index in [0.29, 0.717) is 19.4 Å². The Morgan fingerprint density at radius 3 is 2.90 bits per heavy atom. The highest BCUT2D eigenvalue weighted by Gasteiger charge is 1.87. The minimum atomic E-state index is -0.173. The molecule has 0 aromatic carbocycles. The van der Waals surface area contributed by atoms with Gasteiger partial charge < -0.3 is 5.32 Å². The van der Waals surface area contributed by atoms with Gasteiger partial charge in [0.2, 0.25) is 12.3 Å². The molecule has 0 aliphatic carbocycles. The molecule has 0 aromatic heterocycles. The van der Waals surface area contributed by atoms with Gasteiger partial charge in [0.25, 0.3) is 0 Å². The number of nitrogens with one attached hydrogen (secondary N) is 1. The van der Waals surface area contributed by atoms with Crippen molar-refractivity contribution < 1.29 is 9.59 Å². The Bertz CT molecular complexity index is 143. The van der Waals surface area contributed by atoms with Gasteiger partial charge in [-0.25, -0.2) is 4.99 Å². The Balaban J connectivity index is 3.35. The summed E-state index contributed by atoms with van der Waals surface area (Å²) in [5.41, 5.74) is 0. The molecule has 10 heavy (non-hydrogen) atoms. The summed E-state index contributed by atoms with van der Waals surface area (Å²) in [4.78, 5) is 23.6. The lowest BCUT2D eigenvalue weighted by Gasteiger charge is -1.86. The van der Waals surface area contributed by atoms with Gasteiger partial charge in [-0.05, 0) is 0 Å². The predicted molar refractivity (Wildman–Crippen MR) is 37.9 cm³/mol. The number of amides is 2. The smallest absolute Gasteiger partial charge is 0.245 e. The second-order valence-electron chi connectivity index (χ2n) is 1.59. The van der Waals surface area contributed by atoms with Crippen LogP contribution in [0.3, 0.4) is 0 Å². The van der Waals surface area contributed by atoms with E-state index in [4.69, 9.17) is 0 Å². The fourth-order valence-corrected chi connectivity index (χ4v) is 0.340. The zero-order valence-corrected chi connectivity index (χ0v) is 5.83. The first-order valence-corrected chi connectivity index (χ1v) is 3.03. The van der Waals surface area contributed by atoms with Crippen molar-refractivity contribution in [3.63, 3.8) is 0 Å². The zero-order valence-electron chi connectivity index (χ0n) is 5.83. The number of hydrogen-bond donors (Lipinski definition) is 1. The molecule has 0 fully saturated rings. The number of nitrogens with zero attached hydrogens (tertiary/aromatic N) is 1. The number of hydrogen-bond acceptors (Lipinski definition) is 2. The molecule has 2 amide bonds. The van der Waals surface area contributed by atoms with Crippen LogP contribution in [0.5, 0.6) is 0 Å². The Kier molecular flexibility index (Phi) is 5.23. The maximum Gasteiger partial charge on any atom is 0.245 e. The Hall–Kier alpha value is -1.19. The standard InChI is InChI=1S/C6H10N2O2/c1-2-6(10)8-4-3-7-5-9/h4-5H,2-3H2,1H3,(H,7,9). The predicted octanol–water partition coefficient (Wildman–Crippen LogP) is -0.260. The van der Waals surface area contributed by atoms with Crippen molar-refractivity contribution in [3.05, 3.63) is 0 Å². The van der Waals surface area contributed by atoms with Crippen molar-refractivity contribution in [1.82, 2.24) is 5.32 Å². The summed E-state index contributed by atoms with van der Waals surface area (Å²) in [5, 5.41) is 2.35. The molecule has 0 saturated carbocycles. The van der Waals surface area contributed by atoms with Gasteiger partial charge in [0, 0.05) is 12.6 Å². The van der Waals surface area contributed by atoms with E-state index >= 15 is 0 Å². The van der Waals surface area contributed by atoms with Crippen LogP contribution in [0.4, 0.5) is 0 Å². The molecule has 4 nitrogen and oxygen atoms in total. The number of carbonyl (C=O) groups is 2. The Morgan fingerprint density at radius 2 is 2.40 bits per heavy atom. The van der Waals surface area contributed by atoms with Crippen LogP contribution in [-0.4, -0.2) is 25.1 Å². The Labute approximate surface area is 59.3 Å². The molecule has 0 bridgehead atoms. The summed E-state index contributed by atoms with van der Waals surface area (Å²) < 4.78 is 0. The van der Waals surface area contributed by atoms with Crippen LogP contribution in [0.15, 0.2) is 4.99 Å². The molecule has 0 aromatic rings. The van der Waals surface area contributed by atoms with Gasteiger partial charge in [0.1, 0.15) is 0 Å². The highest BCUT2D eigenvalue weighted by atomic mass is 16.1. The second kappa shape index (κ2) is 5.94. The lowest BCUT2D eigenvalue weighted by atomic mass is 10.5. The number of aliphatic imine (C=N–C) groups is 1. The van der Waals surface area contributed by atoms with E-state index in [-0.39, 0.29) is 5.91 Å². The quantitative estimate of drug-likeness (QED) is 0.334. The molecule has 0 heterocycles. The average molecular weight is 142 g/mol. The van der Waals surface area contributed by atoms with E-state index in [2.05, 4.69) is 10.3 Å². The highest BCUT2D eigenvalue weighted by Crippen LogP contribution is 1.78. The lowest BCUT2D eigenvalue weighted by Crippen LogP contribution is -2.13. The molecule has 0 atom stereocenters. The molecule has 0 spiro atoms. The van der Waals surface area contributed by atoms with Crippen molar-refractivity contribution >= 4 is 18.5 Å². The average Bonchev–Trinajstić information content (AvgIpc) is 1.98. The summed E-state index contributed by atoms with van der Waals surface area (Å²) in [5.74, 6) is -0.173. The van der Waals surface area contributed by atoms with E-state index in [9.17, 15) is 9.59 Å². The molecule has 0 rings (SSSR count). The molecular weight excluding hydrogens is 132 g/mol. The molecule has 0 saturated heterocycles. The Morgan fingerprint density at radius 1 is 1.70 bits per heavy atom. The van der Waals surface area contributed by atoms with Crippen molar-refractivity contribution in [3.8, 4) is 0 Å². The monoisotopic (exact) mass is 142 g/mol. The van der Waals surface area contributed by atoms with Crippen LogP contribution < -0.4 is 5.32 Å². The third-order valence-corrected chi connectivity index (χ3v) is 0.830. The van der Waals surface area contributed by atoms with Crippen LogP contribution >= 0.6 is 0 Å². The maximum atomic E-state index is 10.5. The number of carbonyl (C=O) groups excluding carboxylic acids is 2. The highest BCUT2D eigenvalue weighted by molar-refractivity contribution is 5.85. The van der Waals surface area contributed by atoms with Gasteiger partial charge in [0.05, 0.1) is 6.54 Å². The summed E-state index contributed by atoms with van der Waals surface area (Å²) in [6, 6.07) is 0. The molecule has 4 heteroatoms. The molecule has 0 aliphatic heterocycles. The van der Waals surface area contributed by atoms with Crippen LogP contribution in [0.1, 0.15) is 13.3 Å². The SMILES string of the molecule is CCC(=O)N=CCNC=O.